The van der Waals surface area contributed by atoms with Crippen molar-refractivity contribution in [1.82, 2.24) is 14.3 Å². The number of amides is 1. The van der Waals surface area contributed by atoms with E-state index >= 15 is 0 Å². The van der Waals surface area contributed by atoms with Crippen molar-refractivity contribution in [2.24, 2.45) is 0 Å². The molecule has 1 atom stereocenters. The number of hydrogen-bond acceptors (Lipinski definition) is 7. The molecule has 0 spiro atoms. The molecule has 9 heteroatoms. The summed E-state index contributed by atoms with van der Waals surface area (Å²) in [7, 11) is 0. The third-order valence-electron chi connectivity index (χ3n) is 6.39. The molecule has 7 nitrogen and oxygen atoms in total. The van der Waals surface area contributed by atoms with Gasteiger partial charge in [0.2, 0.25) is 0 Å². The van der Waals surface area contributed by atoms with Crippen LogP contribution in [0.15, 0.2) is 28.0 Å². The van der Waals surface area contributed by atoms with Gasteiger partial charge in [-0.25, -0.2) is 4.98 Å². The van der Waals surface area contributed by atoms with E-state index in [0.717, 1.165) is 50.7 Å². The Bertz CT molecular complexity index is 1160. The number of thioether (sulfide) groups is 1. The molecule has 0 radical (unpaired) electrons. The van der Waals surface area contributed by atoms with Crippen LogP contribution in [-0.2, 0) is 9.53 Å². The number of rotatable bonds is 5. The smallest absolute Gasteiger partial charge is 0.267 e. The molecule has 1 unspecified atom stereocenters. The van der Waals surface area contributed by atoms with Crippen molar-refractivity contribution in [3.8, 4) is 0 Å². The molecule has 2 saturated heterocycles. The molecule has 32 heavy (non-hydrogen) atoms. The van der Waals surface area contributed by atoms with E-state index < -0.39 is 0 Å². The molecular weight excluding hydrogens is 444 g/mol. The topological polar surface area (TPSA) is 75.9 Å². The highest BCUT2D eigenvalue weighted by molar-refractivity contribution is 8.26. The maximum absolute atomic E-state index is 13.5. The van der Waals surface area contributed by atoms with Crippen LogP contribution in [-0.4, -0.2) is 49.8 Å². The summed E-state index contributed by atoms with van der Waals surface area (Å²) >= 11 is 6.80. The van der Waals surface area contributed by atoms with Gasteiger partial charge in [-0.2, -0.15) is 0 Å². The van der Waals surface area contributed by atoms with Crippen LogP contribution in [0.1, 0.15) is 49.7 Å². The monoisotopic (exact) mass is 470 g/mol. The van der Waals surface area contributed by atoms with Crippen molar-refractivity contribution >= 4 is 51.7 Å². The number of pyridine rings is 1. The number of aromatic nitrogens is 2. The van der Waals surface area contributed by atoms with Crippen molar-refractivity contribution < 1.29 is 9.53 Å². The lowest BCUT2D eigenvalue weighted by Crippen LogP contribution is -2.36. The Hall–Kier alpha value is -2.23. The molecule has 168 valence electrons. The van der Waals surface area contributed by atoms with Crippen molar-refractivity contribution in [2.45, 2.75) is 57.6 Å². The summed E-state index contributed by atoms with van der Waals surface area (Å²) in [5, 5.41) is 3.32. The number of fused-ring (bicyclic) bond motifs is 1. The molecule has 2 aromatic rings. The zero-order valence-electron chi connectivity index (χ0n) is 18.0. The summed E-state index contributed by atoms with van der Waals surface area (Å²) in [4.78, 5) is 33.6. The standard InChI is InChI=1S/C23H26N4O3S2/c1-14-6-4-10-26-20(14)25-19(24-13-16-9-5-11-30-16)17(21(26)28)12-18-22(29)27(23(31)32-18)15-7-2-3-8-15/h4,6,10,12,15-16,24H,2-3,5,7-9,11,13H2,1H3/b18-12-. The summed E-state index contributed by atoms with van der Waals surface area (Å²) in [6, 6.07) is 3.93. The minimum Gasteiger partial charge on any atom is -0.376 e. The van der Waals surface area contributed by atoms with E-state index in [9.17, 15) is 9.59 Å². The number of ether oxygens (including phenoxy) is 1. The van der Waals surface area contributed by atoms with Crippen molar-refractivity contribution in [3.63, 3.8) is 0 Å². The van der Waals surface area contributed by atoms with Gasteiger partial charge in [0, 0.05) is 25.4 Å². The fraction of sp³-hybridized carbons (Fsp3) is 0.478. The number of carbonyl (C=O) groups excluding carboxylic acids is 1. The van der Waals surface area contributed by atoms with Crippen LogP contribution in [0.3, 0.4) is 0 Å². The minimum atomic E-state index is -0.209. The summed E-state index contributed by atoms with van der Waals surface area (Å²) in [5.74, 6) is 0.372. The fourth-order valence-corrected chi connectivity index (χ4v) is 6.06. The van der Waals surface area contributed by atoms with E-state index in [4.69, 9.17) is 21.9 Å². The van der Waals surface area contributed by atoms with E-state index in [1.165, 1.54) is 16.2 Å². The first-order valence-electron chi connectivity index (χ1n) is 11.2. The predicted molar refractivity (Wildman–Crippen MR) is 131 cm³/mol. The van der Waals surface area contributed by atoms with Gasteiger partial charge in [-0.15, -0.1) is 0 Å². The lowest BCUT2D eigenvalue weighted by Gasteiger charge is -2.21. The van der Waals surface area contributed by atoms with E-state index in [2.05, 4.69) is 5.32 Å². The largest absolute Gasteiger partial charge is 0.376 e. The first kappa shape index (κ1) is 21.6. The van der Waals surface area contributed by atoms with Gasteiger partial charge in [-0.3, -0.25) is 18.9 Å². The first-order chi connectivity index (χ1) is 15.5. The molecule has 2 aromatic heterocycles. The van der Waals surface area contributed by atoms with Crippen LogP contribution in [0.5, 0.6) is 0 Å². The lowest BCUT2D eigenvalue weighted by atomic mass is 10.2. The highest BCUT2D eigenvalue weighted by Crippen LogP contribution is 2.38. The molecule has 4 heterocycles. The van der Waals surface area contributed by atoms with Gasteiger partial charge < -0.3 is 10.1 Å². The molecule has 3 fully saturated rings. The van der Waals surface area contributed by atoms with Gasteiger partial charge in [0.15, 0.2) is 0 Å². The maximum atomic E-state index is 13.5. The lowest BCUT2D eigenvalue weighted by molar-refractivity contribution is -0.123. The van der Waals surface area contributed by atoms with Crippen LogP contribution in [0.25, 0.3) is 11.7 Å². The van der Waals surface area contributed by atoms with Gasteiger partial charge >= 0.3 is 0 Å². The molecule has 1 amide bonds. The van der Waals surface area contributed by atoms with Crippen LogP contribution in [0.2, 0.25) is 0 Å². The van der Waals surface area contributed by atoms with E-state index in [-0.39, 0.29) is 23.6 Å². The number of thiocarbonyl (C=S) groups is 1. The van der Waals surface area contributed by atoms with Crippen molar-refractivity contribution in [2.75, 3.05) is 18.5 Å². The van der Waals surface area contributed by atoms with E-state index in [1.807, 2.05) is 19.1 Å². The Kier molecular flexibility index (Phi) is 6.05. The van der Waals surface area contributed by atoms with E-state index in [0.29, 0.717) is 32.8 Å². The van der Waals surface area contributed by atoms with Gasteiger partial charge in [-0.05, 0) is 50.3 Å². The Morgan fingerprint density at radius 2 is 2.09 bits per heavy atom. The van der Waals surface area contributed by atoms with Gasteiger partial charge in [0.25, 0.3) is 11.5 Å². The molecule has 2 aliphatic heterocycles. The number of anilines is 1. The van der Waals surface area contributed by atoms with Crippen molar-refractivity contribution in [1.29, 1.82) is 0 Å². The molecular formula is C23H26N4O3S2. The Morgan fingerprint density at radius 3 is 2.84 bits per heavy atom. The Morgan fingerprint density at radius 1 is 1.28 bits per heavy atom. The molecule has 1 aliphatic carbocycles. The Labute approximate surface area is 196 Å². The van der Waals surface area contributed by atoms with Crippen LogP contribution >= 0.6 is 24.0 Å². The minimum absolute atomic E-state index is 0.0977. The summed E-state index contributed by atoms with van der Waals surface area (Å²) in [6.45, 7) is 3.26. The SMILES string of the molecule is Cc1cccn2c(=O)c(/C=C3\SC(=S)N(C4CCCC4)C3=O)c(NCC3CCCO3)nc12. The van der Waals surface area contributed by atoms with Gasteiger partial charge in [-0.1, -0.05) is 42.9 Å². The van der Waals surface area contributed by atoms with E-state index in [1.54, 1.807) is 17.2 Å². The molecule has 1 N–H and O–H groups in total. The van der Waals surface area contributed by atoms with Gasteiger partial charge in [0.05, 0.1) is 16.6 Å². The fourth-order valence-electron chi connectivity index (χ4n) is 4.68. The van der Waals surface area contributed by atoms with Gasteiger partial charge in [0.1, 0.15) is 15.8 Å². The number of hydrogen-bond donors (Lipinski definition) is 1. The quantitative estimate of drug-likeness (QED) is 0.527. The number of aryl methyl sites for hydroxylation is 1. The molecule has 0 aromatic carbocycles. The second kappa shape index (κ2) is 8.96. The molecule has 1 saturated carbocycles. The zero-order valence-corrected chi connectivity index (χ0v) is 19.6. The van der Waals surface area contributed by atoms with Crippen LogP contribution in [0.4, 0.5) is 5.82 Å². The predicted octanol–water partition coefficient (Wildman–Crippen LogP) is 3.74. The molecule has 5 rings (SSSR count). The third kappa shape index (κ3) is 3.97. The van der Waals surface area contributed by atoms with Crippen molar-refractivity contribution in [3.05, 3.63) is 44.7 Å². The second-order valence-electron chi connectivity index (χ2n) is 8.57. The van der Waals surface area contributed by atoms with Crippen LogP contribution in [0, 0.1) is 6.92 Å². The summed E-state index contributed by atoms with van der Waals surface area (Å²) in [6.07, 6.45) is 9.69. The third-order valence-corrected chi connectivity index (χ3v) is 7.72. The first-order valence-corrected chi connectivity index (χ1v) is 12.4. The average molecular weight is 471 g/mol. The van der Waals surface area contributed by atoms with Crippen LogP contribution < -0.4 is 10.9 Å². The molecule has 3 aliphatic rings. The Balaban J connectivity index is 1.55. The highest BCUT2D eigenvalue weighted by Gasteiger charge is 2.38. The summed E-state index contributed by atoms with van der Waals surface area (Å²) in [5.41, 5.74) is 1.67. The normalized spacial score (nSPS) is 23.2. The average Bonchev–Trinajstić information content (AvgIpc) is 3.52. The number of nitrogens with one attached hydrogen (secondary N) is 1. The number of nitrogens with zero attached hydrogens (tertiary/aromatic N) is 3. The summed E-state index contributed by atoms with van der Waals surface area (Å²) < 4.78 is 7.83. The maximum Gasteiger partial charge on any atom is 0.267 e. The molecule has 0 bridgehead atoms. The zero-order chi connectivity index (χ0) is 22.2. The number of carbonyl (C=O) groups is 1. The highest BCUT2D eigenvalue weighted by atomic mass is 32.2. The second-order valence-corrected chi connectivity index (χ2v) is 10.2.